The molecule has 0 unspecified atom stereocenters. The highest BCUT2D eigenvalue weighted by Gasteiger charge is 2.61. The molecule has 18 atom stereocenters. The third-order valence-corrected chi connectivity index (χ3v) is 15.0. The third-order valence-electron chi connectivity index (χ3n) is 15.0. The van der Waals surface area contributed by atoms with E-state index in [-0.39, 0.29) is 30.4 Å². The summed E-state index contributed by atoms with van der Waals surface area (Å²) in [5.74, 6) is -2.54. The molecule has 1 aromatic rings. The first-order valence-corrected chi connectivity index (χ1v) is 22.8. The molecule has 15 heteroatoms. The fourth-order valence-electron chi connectivity index (χ4n) is 11.4. The lowest BCUT2D eigenvalue weighted by Gasteiger charge is -2.50. The minimum atomic E-state index is -1.18. The van der Waals surface area contributed by atoms with E-state index >= 15 is 0 Å². The van der Waals surface area contributed by atoms with Crippen molar-refractivity contribution in [3.63, 3.8) is 0 Å². The molecule has 5 aliphatic rings. The van der Waals surface area contributed by atoms with Crippen molar-refractivity contribution in [2.24, 2.45) is 28.7 Å². The molecular formula is C47H75N3O12. The summed E-state index contributed by atoms with van der Waals surface area (Å²) in [5.41, 5.74) is -1.25. The molecular weight excluding hydrogens is 799 g/mol. The number of hydrogen-bond donors (Lipinski definition) is 2. The Morgan fingerprint density at radius 1 is 0.919 bits per heavy atom. The smallest absolute Gasteiger partial charge is 0.410 e. The van der Waals surface area contributed by atoms with Crippen LogP contribution in [-0.4, -0.2) is 156 Å². The van der Waals surface area contributed by atoms with Gasteiger partial charge in [-0.2, -0.15) is 0 Å². The molecule has 2 N–H and O–H groups in total. The Bertz CT molecular complexity index is 1720. The first kappa shape index (κ1) is 48.7. The Balaban J connectivity index is 1.44. The van der Waals surface area contributed by atoms with Crippen molar-refractivity contribution in [2.45, 2.75) is 186 Å². The van der Waals surface area contributed by atoms with Gasteiger partial charge in [0.25, 0.3) is 0 Å². The van der Waals surface area contributed by atoms with Crippen LogP contribution in [0, 0.1) is 23.7 Å². The van der Waals surface area contributed by atoms with E-state index < -0.39 is 95.9 Å². The van der Waals surface area contributed by atoms with Gasteiger partial charge in [-0.3, -0.25) is 19.6 Å². The third kappa shape index (κ3) is 9.48. The Hall–Kier alpha value is -2.73. The lowest BCUT2D eigenvalue weighted by molar-refractivity contribution is -0.319. The molecule has 5 aliphatic heterocycles. The molecule has 1 amide bonds. The fraction of sp³-hybridized carbons (Fsp3) is 0.809. The highest BCUT2D eigenvalue weighted by molar-refractivity contribution is 5.91. The zero-order valence-corrected chi connectivity index (χ0v) is 39.3. The van der Waals surface area contributed by atoms with E-state index in [9.17, 15) is 19.8 Å². The number of aliphatic hydroxyl groups excluding tert-OH is 2. The predicted molar refractivity (Wildman–Crippen MR) is 231 cm³/mol. The predicted octanol–water partition coefficient (Wildman–Crippen LogP) is 5.36. The van der Waals surface area contributed by atoms with Crippen molar-refractivity contribution in [1.29, 1.82) is 0 Å². The summed E-state index contributed by atoms with van der Waals surface area (Å²) in [4.78, 5) is 37.4. The number of carbonyl (C=O) groups is 2. The van der Waals surface area contributed by atoms with E-state index in [4.69, 9.17) is 42.9 Å². The van der Waals surface area contributed by atoms with Crippen LogP contribution in [0.15, 0.2) is 35.3 Å². The molecule has 4 saturated heterocycles. The van der Waals surface area contributed by atoms with Crippen molar-refractivity contribution in [2.75, 3.05) is 34.4 Å². The van der Waals surface area contributed by atoms with Crippen LogP contribution in [0.5, 0.6) is 0 Å². The molecule has 1 aromatic carbocycles. The number of carbonyl (C=O) groups excluding carboxylic acids is 2. The van der Waals surface area contributed by atoms with Gasteiger partial charge < -0.3 is 48.1 Å². The lowest BCUT2D eigenvalue weighted by atomic mass is 9.72. The Morgan fingerprint density at radius 2 is 1.60 bits per heavy atom. The van der Waals surface area contributed by atoms with Gasteiger partial charge in [-0.1, -0.05) is 58.0 Å². The van der Waals surface area contributed by atoms with Gasteiger partial charge >= 0.3 is 12.1 Å². The van der Waals surface area contributed by atoms with Gasteiger partial charge in [-0.25, -0.2) is 4.79 Å². The van der Waals surface area contributed by atoms with Crippen LogP contribution in [0.2, 0.25) is 0 Å². The molecule has 2 bridgehead atoms. The number of ether oxygens (including phenoxy) is 8. The van der Waals surface area contributed by atoms with Gasteiger partial charge in [0.05, 0.1) is 54.1 Å². The summed E-state index contributed by atoms with van der Waals surface area (Å²) in [5, 5.41) is 23.3. The van der Waals surface area contributed by atoms with Gasteiger partial charge in [-0.05, 0) is 79.3 Å². The second-order valence-corrected chi connectivity index (χ2v) is 19.5. The van der Waals surface area contributed by atoms with E-state index in [0.29, 0.717) is 38.9 Å². The number of rotatable bonds is 10. The van der Waals surface area contributed by atoms with Gasteiger partial charge in [0, 0.05) is 57.3 Å². The van der Waals surface area contributed by atoms with Crippen molar-refractivity contribution in [3.05, 3.63) is 35.9 Å². The Labute approximate surface area is 369 Å². The minimum Gasteiger partial charge on any atom is -0.458 e. The van der Waals surface area contributed by atoms with Crippen molar-refractivity contribution < 1.29 is 57.7 Å². The number of benzene rings is 1. The molecule has 15 nitrogen and oxygen atoms in total. The van der Waals surface area contributed by atoms with Crippen LogP contribution in [0.25, 0.3) is 0 Å². The summed E-state index contributed by atoms with van der Waals surface area (Å²) < 4.78 is 52.1. The molecule has 0 saturated carbocycles. The van der Waals surface area contributed by atoms with E-state index in [2.05, 4.69) is 30.9 Å². The molecule has 5 heterocycles. The normalized spacial score (nSPS) is 44.5. The summed E-state index contributed by atoms with van der Waals surface area (Å²) in [6, 6.07) is 9.36. The molecule has 62 heavy (non-hydrogen) atoms. The second-order valence-electron chi connectivity index (χ2n) is 19.5. The van der Waals surface area contributed by atoms with E-state index in [1.54, 1.807) is 33.0 Å². The number of amides is 1. The number of cyclic esters (lactones) is 1. The van der Waals surface area contributed by atoms with Crippen LogP contribution in [0.1, 0.15) is 100 Å². The van der Waals surface area contributed by atoms with Gasteiger partial charge in [0.1, 0.15) is 18.3 Å². The topological polar surface area (TPSA) is 167 Å². The van der Waals surface area contributed by atoms with E-state index in [1.165, 1.54) is 0 Å². The maximum atomic E-state index is 14.8. The molecule has 0 aliphatic carbocycles. The van der Waals surface area contributed by atoms with E-state index in [0.717, 1.165) is 11.3 Å². The lowest BCUT2D eigenvalue weighted by Crippen LogP contribution is -2.61. The highest BCUT2D eigenvalue weighted by atomic mass is 16.7. The number of fused-ring (bicyclic) bond motifs is 1. The average molecular weight is 874 g/mol. The fourth-order valence-corrected chi connectivity index (χ4v) is 11.4. The number of methoxy groups -OCH3 is 2. The summed E-state index contributed by atoms with van der Waals surface area (Å²) in [7, 11) is 5.19. The summed E-state index contributed by atoms with van der Waals surface area (Å²) in [6.07, 6.45) is -6.35. The van der Waals surface area contributed by atoms with E-state index in [1.807, 2.05) is 66.8 Å². The number of aliphatic hydroxyl groups is 2. The van der Waals surface area contributed by atoms with Crippen molar-refractivity contribution in [1.82, 2.24) is 9.80 Å². The largest absolute Gasteiger partial charge is 0.458 e. The molecule has 350 valence electrons. The maximum absolute atomic E-state index is 14.8. The van der Waals surface area contributed by atoms with Gasteiger partial charge in [0.15, 0.2) is 18.2 Å². The summed E-state index contributed by atoms with van der Waals surface area (Å²) >= 11 is 0. The van der Waals surface area contributed by atoms with Crippen molar-refractivity contribution in [3.8, 4) is 0 Å². The minimum absolute atomic E-state index is 0.169. The summed E-state index contributed by atoms with van der Waals surface area (Å²) in [6.45, 7) is 20.6. The molecule has 0 spiro atoms. The quantitative estimate of drug-likeness (QED) is 0.289. The molecule has 6 rings (SSSR count). The first-order valence-electron chi connectivity index (χ1n) is 22.8. The standard InChI is InChI=1S/C47H75N3O12/c1-14-34-47(10)39-28(4)36(48-20-21-50(39)44(54)62-47)26(2)23-46(9,56-13)41(61-43-37(51)33(22-27(3)57-43)49(11)25-32-18-16-15-17-19-32)29(5)38(30(6)42(53)59-34)60-35-24-45(8,55-12)40(52)31(7)58-35/h15-19,26-31,33-35,37-41,43,51-52H,14,20-25H2,1-13H3/t26-,27-,28+,29+,30-,31+,33+,34-,35+,37-,38+,39-,40+,41-,43+,45-,46+,47-/m1/s1. The van der Waals surface area contributed by atoms with Crippen LogP contribution in [0.3, 0.4) is 0 Å². The van der Waals surface area contributed by atoms with Crippen LogP contribution < -0.4 is 0 Å². The number of likely N-dealkylation sites (N-methyl/N-ethyl adjacent to an activating group) is 1. The first-order chi connectivity index (χ1) is 29.2. The van der Waals surface area contributed by atoms with Crippen LogP contribution >= 0.6 is 0 Å². The maximum Gasteiger partial charge on any atom is 0.410 e. The highest BCUT2D eigenvalue weighted by Crippen LogP contribution is 2.45. The van der Waals surface area contributed by atoms with Crippen LogP contribution in [0.4, 0.5) is 4.79 Å². The SMILES string of the molecule is CC[C@H]1OC(=O)[C@H](C)[C@@H](O[C@H]2C[C@@](C)(OC)[C@@H](O)[C@H](C)O2)[C@H](C)[C@@H](O[C@@H]2O[C@H](C)C[C@H](N(C)Cc3ccccc3)[C@H]2O)[C@@](C)(OC)C[C@@H](C)C2=NCCN3C(=O)O[C@@]1(C)[C@H]3[C@H]2C. The monoisotopic (exact) mass is 874 g/mol. The number of aliphatic imine (C=N–C) groups is 1. The van der Waals surface area contributed by atoms with Gasteiger partial charge in [-0.15, -0.1) is 0 Å². The van der Waals surface area contributed by atoms with Crippen molar-refractivity contribution >= 4 is 17.8 Å². The zero-order chi connectivity index (χ0) is 45.5. The zero-order valence-electron chi connectivity index (χ0n) is 39.3. The Morgan fingerprint density at radius 3 is 2.24 bits per heavy atom. The van der Waals surface area contributed by atoms with Gasteiger partial charge in [0.2, 0.25) is 0 Å². The average Bonchev–Trinajstić information content (AvgIpc) is 3.36. The molecule has 0 radical (unpaired) electrons. The van der Waals surface area contributed by atoms with Crippen LogP contribution in [-0.2, 0) is 49.2 Å². The second kappa shape index (κ2) is 19.4. The number of nitrogens with zero attached hydrogens (tertiary/aromatic N) is 3. The number of hydrogen-bond acceptors (Lipinski definition) is 14. The molecule has 4 fully saturated rings. The molecule has 0 aromatic heterocycles. The Kier molecular flexibility index (Phi) is 15.2. The number of esters is 1.